The summed E-state index contributed by atoms with van der Waals surface area (Å²) < 4.78 is 0. The standard InChI is InChI=1S/C16H30N2O/c1-5-13-15(19)18(14(17-13)10-12(2)3)11-16(4)8-6-7-9-16/h12-14,17H,5-11H2,1-4H3. The van der Waals surface area contributed by atoms with E-state index in [9.17, 15) is 4.79 Å². The lowest BCUT2D eigenvalue weighted by molar-refractivity contribution is -0.131. The van der Waals surface area contributed by atoms with Crippen LogP contribution in [0.1, 0.15) is 66.2 Å². The van der Waals surface area contributed by atoms with Crippen LogP contribution in [-0.2, 0) is 4.79 Å². The van der Waals surface area contributed by atoms with Crippen molar-refractivity contribution in [2.45, 2.75) is 78.4 Å². The minimum Gasteiger partial charge on any atom is -0.325 e. The van der Waals surface area contributed by atoms with E-state index in [1.165, 1.54) is 25.7 Å². The van der Waals surface area contributed by atoms with Crippen molar-refractivity contribution in [3.8, 4) is 0 Å². The van der Waals surface area contributed by atoms with Gasteiger partial charge in [0.2, 0.25) is 5.91 Å². The topological polar surface area (TPSA) is 32.3 Å². The van der Waals surface area contributed by atoms with Crippen molar-refractivity contribution in [1.29, 1.82) is 0 Å². The molecule has 2 atom stereocenters. The molecule has 0 bridgehead atoms. The maximum atomic E-state index is 12.5. The molecule has 3 heteroatoms. The second-order valence-corrected chi connectivity index (χ2v) is 7.26. The van der Waals surface area contributed by atoms with E-state index in [-0.39, 0.29) is 12.2 Å². The molecule has 1 amide bonds. The summed E-state index contributed by atoms with van der Waals surface area (Å²) in [5.41, 5.74) is 0.356. The molecule has 110 valence electrons. The first-order chi connectivity index (χ1) is 8.95. The Balaban J connectivity index is 2.07. The third-order valence-electron chi connectivity index (χ3n) is 4.82. The largest absolute Gasteiger partial charge is 0.325 e. The van der Waals surface area contributed by atoms with Crippen molar-refractivity contribution in [1.82, 2.24) is 10.2 Å². The van der Waals surface area contributed by atoms with Gasteiger partial charge in [-0.2, -0.15) is 0 Å². The molecule has 0 aromatic carbocycles. The molecule has 1 saturated heterocycles. The summed E-state index contributed by atoms with van der Waals surface area (Å²) in [7, 11) is 0. The Morgan fingerprint density at radius 2 is 2.00 bits per heavy atom. The lowest BCUT2D eigenvalue weighted by atomic mass is 9.88. The SMILES string of the molecule is CCC1NC(CC(C)C)N(CC2(C)CCCC2)C1=O. The molecular formula is C16H30N2O. The molecule has 0 spiro atoms. The van der Waals surface area contributed by atoms with E-state index in [0.29, 0.717) is 17.2 Å². The Labute approximate surface area is 118 Å². The molecule has 0 radical (unpaired) electrons. The number of rotatable bonds is 5. The highest BCUT2D eigenvalue weighted by atomic mass is 16.2. The summed E-state index contributed by atoms with van der Waals surface area (Å²) in [6.45, 7) is 9.89. The first-order valence-electron chi connectivity index (χ1n) is 8.02. The molecule has 0 aromatic heterocycles. The number of hydrogen-bond acceptors (Lipinski definition) is 2. The van der Waals surface area contributed by atoms with Crippen molar-refractivity contribution < 1.29 is 4.79 Å². The summed E-state index contributed by atoms with van der Waals surface area (Å²) in [5, 5.41) is 3.54. The van der Waals surface area contributed by atoms with Gasteiger partial charge in [-0.3, -0.25) is 10.1 Å². The maximum Gasteiger partial charge on any atom is 0.241 e. The highest BCUT2D eigenvalue weighted by Gasteiger charge is 2.42. The van der Waals surface area contributed by atoms with Crippen LogP contribution in [0, 0.1) is 11.3 Å². The summed E-state index contributed by atoms with van der Waals surface area (Å²) in [6, 6.07) is 0.0498. The Hall–Kier alpha value is -0.570. The zero-order chi connectivity index (χ0) is 14.0. The molecule has 1 heterocycles. The summed E-state index contributed by atoms with van der Waals surface area (Å²) in [4.78, 5) is 14.7. The van der Waals surface area contributed by atoms with Crippen molar-refractivity contribution in [2.75, 3.05) is 6.54 Å². The molecule has 1 aliphatic heterocycles. The number of nitrogens with one attached hydrogen (secondary N) is 1. The van der Waals surface area contributed by atoms with E-state index in [0.717, 1.165) is 19.4 Å². The van der Waals surface area contributed by atoms with Gasteiger partial charge in [-0.25, -0.2) is 0 Å². The van der Waals surface area contributed by atoms with Crippen LogP contribution in [0.3, 0.4) is 0 Å². The zero-order valence-electron chi connectivity index (χ0n) is 13.0. The molecular weight excluding hydrogens is 236 g/mol. The Bertz CT molecular complexity index is 321. The normalized spacial score (nSPS) is 30.6. The highest BCUT2D eigenvalue weighted by molar-refractivity contribution is 5.84. The van der Waals surface area contributed by atoms with Crippen LogP contribution in [0.4, 0.5) is 0 Å². The van der Waals surface area contributed by atoms with Crippen molar-refractivity contribution in [3.05, 3.63) is 0 Å². The van der Waals surface area contributed by atoms with Gasteiger partial charge in [0.1, 0.15) is 0 Å². The molecule has 3 nitrogen and oxygen atoms in total. The van der Waals surface area contributed by atoms with Crippen LogP contribution in [0.25, 0.3) is 0 Å². The van der Waals surface area contributed by atoms with Gasteiger partial charge in [0.15, 0.2) is 0 Å². The van der Waals surface area contributed by atoms with E-state index < -0.39 is 0 Å². The third kappa shape index (κ3) is 3.31. The van der Waals surface area contributed by atoms with Gasteiger partial charge in [0.25, 0.3) is 0 Å². The summed E-state index contributed by atoms with van der Waals surface area (Å²) >= 11 is 0. The number of nitrogens with zero attached hydrogens (tertiary/aromatic N) is 1. The van der Waals surface area contributed by atoms with E-state index >= 15 is 0 Å². The van der Waals surface area contributed by atoms with Gasteiger partial charge in [-0.05, 0) is 37.0 Å². The van der Waals surface area contributed by atoms with Crippen LogP contribution < -0.4 is 5.32 Å². The fourth-order valence-corrected chi connectivity index (χ4v) is 3.67. The number of amides is 1. The van der Waals surface area contributed by atoms with Crippen LogP contribution in [-0.4, -0.2) is 29.6 Å². The van der Waals surface area contributed by atoms with Gasteiger partial charge in [-0.1, -0.05) is 40.5 Å². The Morgan fingerprint density at radius 1 is 1.37 bits per heavy atom. The lowest BCUT2D eigenvalue weighted by Gasteiger charge is -2.34. The Morgan fingerprint density at radius 3 is 2.53 bits per heavy atom. The van der Waals surface area contributed by atoms with Gasteiger partial charge in [0, 0.05) is 6.54 Å². The van der Waals surface area contributed by atoms with Gasteiger partial charge in [0.05, 0.1) is 12.2 Å². The van der Waals surface area contributed by atoms with Crippen molar-refractivity contribution in [2.24, 2.45) is 11.3 Å². The van der Waals surface area contributed by atoms with E-state index in [1.54, 1.807) is 0 Å². The molecule has 19 heavy (non-hydrogen) atoms. The highest BCUT2D eigenvalue weighted by Crippen LogP contribution is 2.39. The summed E-state index contributed by atoms with van der Waals surface area (Å²) in [6.07, 6.45) is 7.45. The second-order valence-electron chi connectivity index (χ2n) is 7.26. The predicted octanol–water partition coefficient (Wildman–Crippen LogP) is 3.15. The van der Waals surface area contributed by atoms with E-state index in [1.807, 2.05) is 0 Å². The monoisotopic (exact) mass is 266 g/mol. The third-order valence-corrected chi connectivity index (χ3v) is 4.82. The number of carbonyl (C=O) groups is 1. The molecule has 1 saturated carbocycles. The van der Waals surface area contributed by atoms with Crippen molar-refractivity contribution in [3.63, 3.8) is 0 Å². The molecule has 0 aromatic rings. The van der Waals surface area contributed by atoms with Gasteiger partial charge in [-0.15, -0.1) is 0 Å². The average Bonchev–Trinajstić information content (AvgIpc) is 2.88. The summed E-state index contributed by atoms with van der Waals surface area (Å²) in [5.74, 6) is 0.959. The second kappa shape index (κ2) is 5.82. The molecule has 2 fully saturated rings. The van der Waals surface area contributed by atoms with Crippen LogP contribution in [0.15, 0.2) is 0 Å². The molecule has 2 unspecified atom stereocenters. The first kappa shape index (κ1) is 14.8. The molecule has 1 N–H and O–H groups in total. The predicted molar refractivity (Wildman–Crippen MR) is 78.7 cm³/mol. The van der Waals surface area contributed by atoms with Crippen LogP contribution in [0.2, 0.25) is 0 Å². The maximum absolute atomic E-state index is 12.5. The number of carbonyl (C=O) groups excluding carboxylic acids is 1. The minimum absolute atomic E-state index is 0.0498. The van der Waals surface area contributed by atoms with Crippen LogP contribution in [0.5, 0.6) is 0 Å². The van der Waals surface area contributed by atoms with Gasteiger partial charge < -0.3 is 4.90 Å². The number of hydrogen-bond donors (Lipinski definition) is 1. The van der Waals surface area contributed by atoms with Crippen molar-refractivity contribution >= 4 is 5.91 Å². The lowest BCUT2D eigenvalue weighted by Crippen LogP contribution is -2.43. The zero-order valence-corrected chi connectivity index (χ0v) is 13.0. The molecule has 1 aliphatic carbocycles. The van der Waals surface area contributed by atoms with Gasteiger partial charge >= 0.3 is 0 Å². The Kier molecular flexibility index (Phi) is 4.54. The molecule has 2 rings (SSSR count). The smallest absolute Gasteiger partial charge is 0.241 e. The van der Waals surface area contributed by atoms with E-state index in [2.05, 4.69) is 37.9 Å². The molecule has 2 aliphatic rings. The fraction of sp³-hybridized carbons (Fsp3) is 0.938. The fourth-order valence-electron chi connectivity index (χ4n) is 3.67. The first-order valence-corrected chi connectivity index (χ1v) is 8.02. The minimum atomic E-state index is 0.0498. The van der Waals surface area contributed by atoms with E-state index in [4.69, 9.17) is 0 Å². The average molecular weight is 266 g/mol. The quantitative estimate of drug-likeness (QED) is 0.829. The van der Waals surface area contributed by atoms with Crippen LogP contribution >= 0.6 is 0 Å².